The molecule has 27 heavy (non-hydrogen) atoms. The minimum absolute atomic E-state index is 0.495. The van der Waals surface area contributed by atoms with Crippen LogP contribution < -0.4 is 4.74 Å². The summed E-state index contributed by atoms with van der Waals surface area (Å²) in [6.45, 7) is 3.52. The van der Waals surface area contributed by atoms with Gasteiger partial charge in [-0.15, -0.1) is 0 Å². The maximum Gasteiger partial charge on any atom is 0.123 e. The van der Waals surface area contributed by atoms with Crippen LogP contribution in [0, 0.1) is 11.8 Å². The Labute approximate surface area is 161 Å². The van der Waals surface area contributed by atoms with Crippen molar-refractivity contribution in [3.8, 4) is 5.75 Å². The van der Waals surface area contributed by atoms with Crippen LogP contribution in [0.5, 0.6) is 5.75 Å². The molecule has 2 aromatic rings. The van der Waals surface area contributed by atoms with Gasteiger partial charge in [-0.3, -0.25) is 4.90 Å². The highest BCUT2D eigenvalue weighted by Gasteiger charge is 2.41. The third-order valence-electron chi connectivity index (χ3n) is 6.04. The molecule has 4 nitrogen and oxygen atoms in total. The van der Waals surface area contributed by atoms with Crippen LogP contribution in [0.2, 0.25) is 0 Å². The molecule has 0 aromatic heterocycles. The SMILES string of the molecule is O[C@@H]1C[C@H]2CN(Cc3ccccc3OCCc3ccccc3)C[C@H]2C[C@@H]1O. The third-order valence-corrected chi connectivity index (χ3v) is 6.04. The van der Waals surface area contributed by atoms with Crippen LogP contribution in [-0.2, 0) is 13.0 Å². The lowest BCUT2D eigenvalue weighted by molar-refractivity contribution is -0.0372. The maximum absolute atomic E-state index is 9.95. The number of hydrogen-bond acceptors (Lipinski definition) is 4. The molecule has 4 atom stereocenters. The van der Waals surface area contributed by atoms with Crippen LogP contribution in [0.3, 0.4) is 0 Å². The highest BCUT2D eigenvalue weighted by Crippen LogP contribution is 2.37. The molecule has 1 heterocycles. The normalized spacial score (nSPS) is 28.1. The van der Waals surface area contributed by atoms with E-state index in [0.717, 1.165) is 44.6 Å². The topological polar surface area (TPSA) is 52.9 Å². The molecule has 0 amide bonds. The Hall–Kier alpha value is -1.88. The molecular formula is C23H29NO3. The van der Waals surface area contributed by atoms with Gasteiger partial charge in [0.1, 0.15) is 5.75 Å². The Morgan fingerprint density at radius 2 is 1.48 bits per heavy atom. The molecule has 144 valence electrons. The van der Waals surface area contributed by atoms with Crippen LogP contribution in [0.15, 0.2) is 54.6 Å². The van der Waals surface area contributed by atoms with E-state index in [1.165, 1.54) is 11.1 Å². The number of ether oxygens (including phenoxy) is 1. The largest absolute Gasteiger partial charge is 0.493 e. The molecule has 2 aliphatic rings. The Balaban J connectivity index is 1.34. The van der Waals surface area contributed by atoms with Gasteiger partial charge in [0.25, 0.3) is 0 Å². The molecule has 2 N–H and O–H groups in total. The van der Waals surface area contributed by atoms with Gasteiger partial charge in [-0.1, -0.05) is 48.5 Å². The molecule has 2 aromatic carbocycles. The number of nitrogens with zero attached hydrogens (tertiary/aromatic N) is 1. The Kier molecular flexibility index (Phi) is 5.77. The Morgan fingerprint density at radius 3 is 2.19 bits per heavy atom. The fraction of sp³-hybridized carbons (Fsp3) is 0.478. The van der Waals surface area contributed by atoms with E-state index in [2.05, 4.69) is 47.4 Å². The molecule has 1 aliphatic heterocycles. The number of benzene rings is 2. The minimum Gasteiger partial charge on any atom is -0.493 e. The second-order valence-electron chi connectivity index (χ2n) is 8.01. The molecule has 1 saturated carbocycles. The van der Waals surface area contributed by atoms with Gasteiger partial charge in [0, 0.05) is 31.6 Å². The van der Waals surface area contributed by atoms with Crippen molar-refractivity contribution in [2.24, 2.45) is 11.8 Å². The van der Waals surface area contributed by atoms with Crippen molar-refractivity contribution in [1.29, 1.82) is 0 Å². The molecule has 0 radical (unpaired) electrons. The van der Waals surface area contributed by atoms with Crippen molar-refractivity contribution < 1.29 is 14.9 Å². The first kappa shape index (κ1) is 18.5. The molecule has 4 rings (SSSR count). The van der Waals surface area contributed by atoms with Crippen LogP contribution in [0.1, 0.15) is 24.0 Å². The molecular weight excluding hydrogens is 338 g/mol. The van der Waals surface area contributed by atoms with Crippen molar-refractivity contribution in [1.82, 2.24) is 4.90 Å². The summed E-state index contributed by atoms with van der Waals surface area (Å²) in [5.74, 6) is 1.95. The lowest BCUT2D eigenvalue weighted by atomic mass is 9.79. The zero-order valence-electron chi connectivity index (χ0n) is 15.7. The molecule has 1 saturated heterocycles. The lowest BCUT2D eigenvalue weighted by Crippen LogP contribution is -2.38. The Morgan fingerprint density at radius 1 is 0.852 bits per heavy atom. The molecule has 0 unspecified atom stereocenters. The summed E-state index contributed by atoms with van der Waals surface area (Å²) in [6.07, 6.45) is 1.23. The van der Waals surface area contributed by atoms with E-state index in [1.807, 2.05) is 12.1 Å². The standard InChI is InChI=1S/C23H29NO3/c25-21-12-19-15-24(16-20(19)13-22(21)26)14-18-8-4-5-9-23(18)27-11-10-17-6-2-1-3-7-17/h1-9,19-22,25-26H,10-16H2/t19-,20+,21+,22-. The number of fused-ring (bicyclic) bond motifs is 1. The van der Waals surface area contributed by atoms with Crippen LogP contribution in [0.25, 0.3) is 0 Å². The molecule has 0 bridgehead atoms. The lowest BCUT2D eigenvalue weighted by Gasteiger charge is -2.32. The van der Waals surface area contributed by atoms with Crippen LogP contribution in [-0.4, -0.2) is 47.0 Å². The van der Waals surface area contributed by atoms with Crippen molar-refractivity contribution in [2.45, 2.75) is 38.0 Å². The van der Waals surface area contributed by atoms with E-state index in [9.17, 15) is 10.2 Å². The predicted molar refractivity (Wildman–Crippen MR) is 106 cm³/mol. The van der Waals surface area contributed by atoms with Gasteiger partial charge >= 0.3 is 0 Å². The summed E-state index contributed by atoms with van der Waals surface area (Å²) in [5, 5.41) is 19.9. The van der Waals surface area contributed by atoms with Gasteiger partial charge in [0.05, 0.1) is 18.8 Å². The van der Waals surface area contributed by atoms with Gasteiger partial charge in [0.2, 0.25) is 0 Å². The summed E-state index contributed by atoms with van der Waals surface area (Å²) in [5.41, 5.74) is 2.50. The predicted octanol–water partition coefficient (Wildman–Crippen LogP) is 2.87. The van der Waals surface area contributed by atoms with Crippen molar-refractivity contribution in [3.05, 3.63) is 65.7 Å². The van der Waals surface area contributed by atoms with Gasteiger partial charge in [0.15, 0.2) is 0 Å². The van der Waals surface area contributed by atoms with E-state index >= 15 is 0 Å². The minimum atomic E-state index is -0.556. The number of aliphatic hydroxyl groups excluding tert-OH is 2. The first-order chi connectivity index (χ1) is 13.2. The molecule has 4 heteroatoms. The maximum atomic E-state index is 9.95. The first-order valence-corrected chi connectivity index (χ1v) is 10.0. The number of aliphatic hydroxyl groups is 2. The van der Waals surface area contributed by atoms with Crippen LogP contribution >= 0.6 is 0 Å². The zero-order valence-corrected chi connectivity index (χ0v) is 15.7. The number of hydrogen-bond donors (Lipinski definition) is 2. The van der Waals surface area contributed by atoms with Crippen molar-refractivity contribution in [3.63, 3.8) is 0 Å². The molecule has 2 fully saturated rings. The fourth-order valence-corrected chi connectivity index (χ4v) is 4.57. The van der Waals surface area contributed by atoms with E-state index in [0.29, 0.717) is 18.4 Å². The van der Waals surface area contributed by atoms with Gasteiger partial charge in [-0.2, -0.15) is 0 Å². The van der Waals surface area contributed by atoms with Crippen molar-refractivity contribution >= 4 is 0 Å². The fourth-order valence-electron chi connectivity index (χ4n) is 4.57. The average molecular weight is 367 g/mol. The summed E-state index contributed by atoms with van der Waals surface area (Å²) < 4.78 is 6.10. The van der Waals surface area contributed by atoms with Crippen molar-refractivity contribution in [2.75, 3.05) is 19.7 Å². The number of rotatable bonds is 6. The second kappa shape index (κ2) is 8.42. The van der Waals surface area contributed by atoms with Gasteiger partial charge < -0.3 is 14.9 Å². The summed E-state index contributed by atoms with van der Waals surface area (Å²) >= 11 is 0. The highest BCUT2D eigenvalue weighted by molar-refractivity contribution is 5.33. The zero-order chi connectivity index (χ0) is 18.6. The third kappa shape index (κ3) is 4.52. The van der Waals surface area contributed by atoms with Crippen LogP contribution in [0.4, 0.5) is 0 Å². The number of likely N-dealkylation sites (tertiary alicyclic amines) is 1. The monoisotopic (exact) mass is 367 g/mol. The highest BCUT2D eigenvalue weighted by atomic mass is 16.5. The van der Waals surface area contributed by atoms with Gasteiger partial charge in [-0.05, 0) is 36.3 Å². The second-order valence-corrected chi connectivity index (χ2v) is 8.01. The molecule has 0 spiro atoms. The number of para-hydroxylation sites is 1. The van der Waals surface area contributed by atoms with E-state index in [-0.39, 0.29) is 0 Å². The summed E-state index contributed by atoms with van der Waals surface area (Å²) in [4.78, 5) is 2.44. The van der Waals surface area contributed by atoms with E-state index < -0.39 is 12.2 Å². The average Bonchev–Trinajstić information content (AvgIpc) is 3.05. The quantitative estimate of drug-likeness (QED) is 0.824. The van der Waals surface area contributed by atoms with E-state index in [4.69, 9.17) is 4.74 Å². The van der Waals surface area contributed by atoms with E-state index in [1.54, 1.807) is 0 Å². The smallest absolute Gasteiger partial charge is 0.123 e. The summed E-state index contributed by atoms with van der Waals surface area (Å²) in [7, 11) is 0. The summed E-state index contributed by atoms with van der Waals surface area (Å²) in [6, 6.07) is 18.7. The first-order valence-electron chi connectivity index (χ1n) is 10.0. The molecule has 1 aliphatic carbocycles. The van der Waals surface area contributed by atoms with Gasteiger partial charge in [-0.25, -0.2) is 0 Å². The Bertz CT molecular complexity index is 717.